The fraction of sp³-hybridized carbons (Fsp3) is 0.667. The second-order valence-electron chi connectivity index (χ2n) is 7.33. The highest BCUT2D eigenvalue weighted by atomic mass is 16.5. The smallest absolute Gasteiger partial charge is 0.231 e. The van der Waals surface area contributed by atoms with Crippen LogP contribution in [0.5, 0.6) is 0 Å². The van der Waals surface area contributed by atoms with Crippen LogP contribution >= 0.6 is 0 Å². The first kappa shape index (κ1) is 15.1. The Hall–Kier alpha value is -1.46. The van der Waals surface area contributed by atoms with Gasteiger partial charge in [-0.05, 0) is 49.9 Å². The Morgan fingerprint density at radius 1 is 1.35 bits per heavy atom. The molecule has 5 nitrogen and oxygen atoms in total. The number of rotatable bonds is 4. The molecular weight excluding hydrogens is 290 g/mol. The molecule has 0 aromatic carbocycles. The first-order valence-corrected chi connectivity index (χ1v) is 8.74. The van der Waals surface area contributed by atoms with Gasteiger partial charge in [0.15, 0.2) is 0 Å². The molecule has 1 aromatic rings. The summed E-state index contributed by atoms with van der Waals surface area (Å²) in [4.78, 5) is 21.3. The Morgan fingerprint density at radius 3 is 2.87 bits per heavy atom. The van der Waals surface area contributed by atoms with E-state index in [0.717, 1.165) is 57.8 Å². The van der Waals surface area contributed by atoms with Crippen LogP contribution in [0.1, 0.15) is 24.8 Å². The van der Waals surface area contributed by atoms with Crippen LogP contribution in [0.4, 0.5) is 0 Å². The molecule has 1 aromatic heterocycles. The third-order valence-electron chi connectivity index (χ3n) is 5.68. The largest absolute Gasteiger partial charge is 0.381 e. The summed E-state index contributed by atoms with van der Waals surface area (Å²) in [5.41, 5.74) is 1.06. The van der Waals surface area contributed by atoms with Gasteiger partial charge < -0.3 is 14.5 Å². The average molecular weight is 315 g/mol. The van der Waals surface area contributed by atoms with Crippen LogP contribution in [0, 0.1) is 11.3 Å². The van der Waals surface area contributed by atoms with Crippen LogP contribution in [0.3, 0.4) is 0 Å². The van der Waals surface area contributed by atoms with Gasteiger partial charge in [0.2, 0.25) is 5.91 Å². The number of nitrogens with zero attached hydrogens (tertiary/aromatic N) is 3. The maximum Gasteiger partial charge on any atom is 0.231 e. The number of likely N-dealkylation sites (tertiary alicyclic amines) is 2. The van der Waals surface area contributed by atoms with Gasteiger partial charge in [0.1, 0.15) is 0 Å². The van der Waals surface area contributed by atoms with Crippen molar-refractivity contribution in [3.8, 4) is 0 Å². The fourth-order valence-corrected chi connectivity index (χ4v) is 4.22. The summed E-state index contributed by atoms with van der Waals surface area (Å²) in [6.07, 6.45) is 6.85. The standard InChI is InChI=1S/C18H25N3O2/c22-17-18(14-21(17)12-15-2-1-6-19-10-15)4-7-20(8-5-18)11-16-3-9-23-13-16/h1-2,6,10,16H,3-5,7-9,11-14H2. The van der Waals surface area contributed by atoms with Gasteiger partial charge in [-0.3, -0.25) is 9.78 Å². The van der Waals surface area contributed by atoms with Gasteiger partial charge in [0.05, 0.1) is 12.0 Å². The number of pyridine rings is 1. The summed E-state index contributed by atoms with van der Waals surface area (Å²) in [6.45, 7) is 6.72. The number of β-lactam (4-membered cyclic amide) rings is 1. The third kappa shape index (κ3) is 3.00. The van der Waals surface area contributed by atoms with Crippen molar-refractivity contribution in [1.29, 1.82) is 0 Å². The highest BCUT2D eigenvalue weighted by Gasteiger charge is 2.52. The topological polar surface area (TPSA) is 45.7 Å². The van der Waals surface area contributed by atoms with Crippen molar-refractivity contribution in [3.63, 3.8) is 0 Å². The van der Waals surface area contributed by atoms with E-state index in [9.17, 15) is 4.79 Å². The van der Waals surface area contributed by atoms with Gasteiger partial charge in [0.25, 0.3) is 0 Å². The van der Waals surface area contributed by atoms with Crippen molar-refractivity contribution in [1.82, 2.24) is 14.8 Å². The molecular formula is C18H25N3O2. The Bertz CT molecular complexity index is 549. The molecule has 1 spiro atoms. The number of aromatic nitrogens is 1. The number of piperidine rings is 1. The molecule has 0 saturated carbocycles. The van der Waals surface area contributed by atoms with Gasteiger partial charge in [-0.15, -0.1) is 0 Å². The lowest BCUT2D eigenvalue weighted by atomic mass is 9.71. The number of carbonyl (C=O) groups is 1. The van der Waals surface area contributed by atoms with Gasteiger partial charge in [-0.25, -0.2) is 0 Å². The van der Waals surface area contributed by atoms with Crippen molar-refractivity contribution >= 4 is 5.91 Å². The summed E-state index contributed by atoms with van der Waals surface area (Å²) in [5.74, 6) is 1.05. The van der Waals surface area contributed by atoms with E-state index < -0.39 is 0 Å². The predicted molar refractivity (Wildman–Crippen MR) is 86.7 cm³/mol. The van der Waals surface area contributed by atoms with Crippen LogP contribution in [0.2, 0.25) is 0 Å². The van der Waals surface area contributed by atoms with E-state index in [1.165, 1.54) is 6.42 Å². The van der Waals surface area contributed by atoms with E-state index in [1.807, 2.05) is 23.2 Å². The van der Waals surface area contributed by atoms with Gasteiger partial charge in [-0.2, -0.15) is 0 Å². The molecule has 3 saturated heterocycles. The number of hydrogen-bond acceptors (Lipinski definition) is 4. The molecule has 0 N–H and O–H groups in total. The Balaban J connectivity index is 1.28. The summed E-state index contributed by atoms with van der Waals surface area (Å²) < 4.78 is 5.47. The van der Waals surface area contributed by atoms with E-state index in [2.05, 4.69) is 9.88 Å². The first-order chi connectivity index (χ1) is 11.3. The Kier molecular flexibility index (Phi) is 4.07. The Labute approximate surface area is 137 Å². The third-order valence-corrected chi connectivity index (χ3v) is 5.68. The zero-order valence-corrected chi connectivity index (χ0v) is 13.6. The monoisotopic (exact) mass is 315 g/mol. The molecule has 4 heterocycles. The number of ether oxygens (including phenoxy) is 1. The minimum atomic E-state index is -0.0646. The van der Waals surface area contributed by atoms with Gasteiger partial charge >= 0.3 is 0 Å². The molecule has 124 valence electrons. The molecule has 1 amide bonds. The summed E-state index contributed by atoms with van der Waals surface area (Å²) in [7, 11) is 0. The Morgan fingerprint density at radius 2 is 2.22 bits per heavy atom. The maximum atomic E-state index is 12.7. The van der Waals surface area contributed by atoms with Gasteiger partial charge in [-0.1, -0.05) is 6.07 Å². The lowest BCUT2D eigenvalue weighted by Crippen LogP contribution is -2.64. The van der Waals surface area contributed by atoms with Crippen molar-refractivity contribution in [2.45, 2.75) is 25.8 Å². The molecule has 3 fully saturated rings. The molecule has 0 aliphatic carbocycles. The van der Waals surface area contributed by atoms with Crippen LogP contribution in [-0.2, 0) is 16.1 Å². The van der Waals surface area contributed by atoms with Crippen LogP contribution in [0.15, 0.2) is 24.5 Å². The molecule has 1 atom stereocenters. The molecule has 0 bridgehead atoms. The zero-order chi connectivity index (χ0) is 15.7. The second kappa shape index (κ2) is 6.21. The van der Waals surface area contributed by atoms with Crippen LogP contribution < -0.4 is 0 Å². The van der Waals surface area contributed by atoms with E-state index in [1.54, 1.807) is 6.20 Å². The van der Waals surface area contributed by atoms with Crippen molar-refractivity contribution in [2.24, 2.45) is 11.3 Å². The first-order valence-electron chi connectivity index (χ1n) is 8.74. The van der Waals surface area contributed by atoms with Crippen molar-refractivity contribution < 1.29 is 9.53 Å². The maximum absolute atomic E-state index is 12.7. The lowest BCUT2D eigenvalue weighted by Gasteiger charge is -2.52. The SMILES string of the molecule is O=C1N(Cc2cccnc2)CC12CCN(CC1CCOC1)CC2. The molecule has 4 rings (SSSR count). The summed E-state index contributed by atoms with van der Waals surface area (Å²) in [6, 6.07) is 3.97. The van der Waals surface area contributed by atoms with E-state index in [0.29, 0.717) is 18.4 Å². The van der Waals surface area contributed by atoms with Crippen molar-refractivity contribution in [2.75, 3.05) is 39.4 Å². The average Bonchev–Trinajstić information content (AvgIpc) is 3.10. The van der Waals surface area contributed by atoms with E-state index in [4.69, 9.17) is 4.74 Å². The van der Waals surface area contributed by atoms with Crippen LogP contribution in [-0.4, -0.2) is 60.1 Å². The molecule has 3 aliphatic rings. The zero-order valence-electron chi connectivity index (χ0n) is 13.6. The highest BCUT2D eigenvalue weighted by Crippen LogP contribution is 2.42. The lowest BCUT2D eigenvalue weighted by molar-refractivity contribution is -0.166. The second-order valence-corrected chi connectivity index (χ2v) is 7.33. The minimum absolute atomic E-state index is 0.0646. The predicted octanol–water partition coefficient (Wildman–Crippen LogP) is 1.54. The molecule has 3 aliphatic heterocycles. The van der Waals surface area contributed by atoms with Gasteiger partial charge in [0, 0.05) is 38.6 Å². The normalized spacial score (nSPS) is 27.4. The molecule has 0 radical (unpaired) electrons. The van der Waals surface area contributed by atoms with E-state index >= 15 is 0 Å². The number of amides is 1. The minimum Gasteiger partial charge on any atom is -0.381 e. The molecule has 5 heteroatoms. The summed E-state index contributed by atoms with van der Waals surface area (Å²) >= 11 is 0. The number of carbonyl (C=O) groups excluding carboxylic acids is 1. The quantitative estimate of drug-likeness (QED) is 0.791. The van der Waals surface area contributed by atoms with Crippen LogP contribution in [0.25, 0.3) is 0 Å². The van der Waals surface area contributed by atoms with Crippen molar-refractivity contribution in [3.05, 3.63) is 30.1 Å². The van der Waals surface area contributed by atoms with E-state index in [-0.39, 0.29) is 5.41 Å². The summed E-state index contributed by atoms with van der Waals surface area (Å²) in [5, 5.41) is 0. The molecule has 1 unspecified atom stereocenters. The molecule has 23 heavy (non-hydrogen) atoms. The number of hydrogen-bond donors (Lipinski definition) is 0. The highest BCUT2D eigenvalue weighted by molar-refractivity contribution is 5.88. The fourth-order valence-electron chi connectivity index (χ4n) is 4.22.